The van der Waals surface area contributed by atoms with E-state index in [4.69, 9.17) is 19.2 Å². The smallest absolute Gasteiger partial charge is 0.407 e. The second-order valence-corrected chi connectivity index (χ2v) is 12.0. The summed E-state index contributed by atoms with van der Waals surface area (Å²) in [5.41, 5.74) is 5.77. The Morgan fingerprint density at radius 2 is 1.58 bits per heavy atom. The molecule has 0 saturated heterocycles. The second-order valence-electron chi connectivity index (χ2n) is 12.0. The molecule has 1 N–H and O–H groups in total. The van der Waals surface area contributed by atoms with E-state index in [9.17, 15) is 14.4 Å². The molecule has 0 spiro atoms. The normalized spacial score (nSPS) is 11.3. The summed E-state index contributed by atoms with van der Waals surface area (Å²) in [6.45, 7) is 15.6. The van der Waals surface area contributed by atoms with E-state index in [1.165, 1.54) is 0 Å². The fourth-order valence-electron chi connectivity index (χ4n) is 4.76. The summed E-state index contributed by atoms with van der Waals surface area (Å²) in [4.78, 5) is 43.6. The predicted octanol–water partition coefficient (Wildman–Crippen LogP) is 7.05. The van der Waals surface area contributed by atoms with Gasteiger partial charge in [0.1, 0.15) is 12.2 Å². The molecule has 1 aromatic heterocycles. The zero-order valence-corrected chi connectivity index (χ0v) is 26.6. The molecule has 3 rings (SSSR count). The van der Waals surface area contributed by atoms with Gasteiger partial charge in [0.2, 0.25) is 0 Å². The average molecular weight is 589 g/mol. The molecule has 3 aromatic rings. The third kappa shape index (κ3) is 9.66. The number of carbonyl (C=O) groups is 3. The Hall–Kier alpha value is -4.20. The van der Waals surface area contributed by atoms with Crippen molar-refractivity contribution in [1.29, 1.82) is 0 Å². The number of nitrogens with zero attached hydrogens (tertiary/aromatic N) is 1. The minimum Gasteiger partial charge on any atom is -0.466 e. The quantitative estimate of drug-likeness (QED) is 0.189. The fraction of sp³-hybridized carbons (Fsp3) is 0.429. The van der Waals surface area contributed by atoms with Crippen LogP contribution in [0.4, 0.5) is 4.79 Å². The summed E-state index contributed by atoms with van der Waals surface area (Å²) in [5.74, 6) is -0.598. The number of aromatic nitrogens is 1. The van der Waals surface area contributed by atoms with Crippen LogP contribution in [-0.4, -0.2) is 35.2 Å². The Bertz CT molecular complexity index is 1440. The lowest BCUT2D eigenvalue weighted by atomic mass is 9.89. The van der Waals surface area contributed by atoms with Crippen LogP contribution in [0.1, 0.15) is 85.5 Å². The van der Waals surface area contributed by atoms with Gasteiger partial charge in [0, 0.05) is 23.4 Å². The maximum Gasteiger partial charge on any atom is 0.407 e. The second kappa shape index (κ2) is 14.8. The Labute approximate surface area is 255 Å². The van der Waals surface area contributed by atoms with E-state index < -0.39 is 17.7 Å². The predicted molar refractivity (Wildman–Crippen MR) is 167 cm³/mol. The van der Waals surface area contributed by atoms with Crippen molar-refractivity contribution in [2.24, 2.45) is 5.92 Å². The van der Waals surface area contributed by atoms with Gasteiger partial charge in [0.15, 0.2) is 0 Å². The van der Waals surface area contributed by atoms with Gasteiger partial charge in [-0.1, -0.05) is 67.9 Å². The Morgan fingerprint density at radius 1 is 0.930 bits per heavy atom. The number of hydrogen-bond acceptors (Lipinski definition) is 7. The van der Waals surface area contributed by atoms with Crippen LogP contribution >= 0.6 is 0 Å². The zero-order chi connectivity index (χ0) is 31.7. The molecule has 1 amide bonds. The van der Waals surface area contributed by atoms with E-state index in [1.807, 2.05) is 55.5 Å². The van der Waals surface area contributed by atoms with Crippen LogP contribution in [0.3, 0.4) is 0 Å². The number of aryl methyl sites for hydroxylation is 2. The number of amides is 1. The minimum absolute atomic E-state index is 0.0274. The van der Waals surface area contributed by atoms with Crippen LogP contribution in [0, 0.1) is 19.8 Å². The number of pyridine rings is 1. The molecule has 230 valence electrons. The SMILES string of the molecule is CCOC(=O)Cc1ccccc1COC(=O)c1c(C)nc(CC(C)C)c(CNC(=O)OC(C)(C)C)c1-c1ccc(C)cc1. The highest BCUT2D eigenvalue weighted by Gasteiger charge is 2.26. The minimum atomic E-state index is -0.658. The molecular formula is C35H44N2O6. The largest absolute Gasteiger partial charge is 0.466 e. The lowest BCUT2D eigenvalue weighted by molar-refractivity contribution is -0.142. The van der Waals surface area contributed by atoms with Gasteiger partial charge in [-0.25, -0.2) is 9.59 Å². The van der Waals surface area contributed by atoms with Crippen molar-refractivity contribution in [3.8, 4) is 11.1 Å². The van der Waals surface area contributed by atoms with Crippen LogP contribution in [0.15, 0.2) is 48.5 Å². The molecular weight excluding hydrogens is 544 g/mol. The summed E-state index contributed by atoms with van der Waals surface area (Å²) in [7, 11) is 0. The van der Waals surface area contributed by atoms with Crippen LogP contribution in [-0.2, 0) is 45.0 Å². The Balaban J connectivity index is 2.07. The molecule has 0 saturated carbocycles. The van der Waals surface area contributed by atoms with E-state index in [0.29, 0.717) is 29.8 Å². The third-order valence-electron chi connectivity index (χ3n) is 6.64. The molecule has 0 aliphatic heterocycles. The maximum atomic E-state index is 13.9. The van der Waals surface area contributed by atoms with Crippen LogP contribution in [0.2, 0.25) is 0 Å². The summed E-state index contributed by atoms with van der Waals surface area (Å²) < 4.78 is 16.5. The lowest BCUT2D eigenvalue weighted by Gasteiger charge is -2.23. The van der Waals surface area contributed by atoms with Crippen molar-refractivity contribution in [2.75, 3.05) is 6.61 Å². The number of rotatable bonds is 11. The number of esters is 2. The van der Waals surface area contributed by atoms with Crippen LogP contribution < -0.4 is 5.32 Å². The molecule has 0 bridgehead atoms. The molecule has 0 atom stereocenters. The van der Waals surface area contributed by atoms with Crippen molar-refractivity contribution in [2.45, 2.75) is 87.0 Å². The molecule has 0 aliphatic carbocycles. The van der Waals surface area contributed by atoms with Gasteiger partial charge in [-0.3, -0.25) is 9.78 Å². The number of alkyl carbamates (subject to hydrolysis) is 1. The highest BCUT2D eigenvalue weighted by atomic mass is 16.6. The van der Waals surface area contributed by atoms with Crippen LogP contribution in [0.25, 0.3) is 11.1 Å². The van der Waals surface area contributed by atoms with Gasteiger partial charge in [-0.15, -0.1) is 0 Å². The summed E-state index contributed by atoms with van der Waals surface area (Å²) in [6, 6.07) is 15.2. The molecule has 0 fully saturated rings. The molecule has 0 aliphatic rings. The summed E-state index contributed by atoms with van der Waals surface area (Å²) in [6.07, 6.45) is 0.184. The molecule has 8 heteroatoms. The first-order valence-corrected chi connectivity index (χ1v) is 14.7. The summed E-state index contributed by atoms with van der Waals surface area (Å²) in [5, 5.41) is 2.87. The first kappa shape index (κ1) is 33.3. The number of ether oxygens (including phenoxy) is 3. The fourth-order valence-corrected chi connectivity index (χ4v) is 4.76. The standard InChI is InChI=1S/C35H44N2O6/c1-9-41-30(38)19-26-12-10-11-13-27(26)21-42-33(39)31-24(5)37-29(18-22(2)3)28(20-36-34(40)43-35(6,7)8)32(31)25-16-14-23(4)15-17-25/h10-17,22H,9,18-21H2,1-8H3,(H,36,40). The first-order valence-electron chi connectivity index (χ1n) is 14.7. The highest BCUT2D eigenvalue weighted by Crippen LogP contribution is 2.34. The topological polar surface area (TPSA) is 104 Å². The van der Waals surface area contributed by atoms with Crippen molar-refractivity contribution in [3.63, 3.8) is 0 Å². The van der Waals surface area contributed by atoms with Gasteiger partial charge in [-0.05, 0) is 70.6 Å². The summed E-state index contributed by atoms with van der Waals surface area (Å²) >= 11 is 0. The molecule has 2 aromatic carbocycles. The first-order chi connectivity index (χ1) is 20.3. The molecule has 0 radical (unpaired) electrons. The average Bonchev–Trinajstić information content (AvgIpc) is 2.91. The number of hydrogen-bond donors (Lipinski definition) is 1. The van der Waals surface area contributed by atoms with Crippen LogP contribution in [0.5, 0.6) is 0 Å². The molecule has 1 heterocycles. The number of nitrogens with one attached hydrogen (secondary N) is 1. The van der Waals surface area contributed by atoms with Gasteiger partial charge in [0.05, 0.1) is 24.3 Å². The molecule has 8 nitrogen and oxygen atoms in total. The lowest BCUT2D eigenvalue weighted by Crippen LogP contribution is -2.32. The highest BCUT2D eigenvalue weighted by molar-refractivity contribution is 5.99. The van der Waals surface area contributed by atoms with E-state index in [0.717, 1.165) is 33.5 Å². The van der Waals surface area contributed by atoms with Crippen molar-refractivity contribution in [3.05, 3.63) is 87.7 Å². The monoisotopic (exact) mass is 588 g/mol. The Morgan fingerprint density at radius 3 is 2.19 bits per heavy atom. The van der Waals surface area contributed by atoms with Crippen molar-refractivity contribution in [1.82, 2.24) is 10.3 Å². The van der Waals surface area contributed by atoms with Gasteiger partial charge in [0.25, 0.3) is 0 Å². The van der Waals surface area contributed by atoms with Gasteiger partial charge < -0.3 is 19.5 Å². The molecule has 43 heavy (non-hydrogen) atoms. The van der Waals surface area contributed by atoms with Gasteiger partial charge in [-0.2, -0.15) is 0 Å². The number of carbonyl (C=O) groups excluding carboxylic acids is 3. The van der Waals surface area contributed by atoms with E-state index in [-0.39, 0.29) is 31.5 Å². The number of benzene rings is 2. The van der Waals surface area contributed by atoms with E-state index >= 15 is 0 Å². The maximum absolute atomic E-state index is 13.9. The van der Waals surface area contributed by atoms with Crippen molar-refractivity contribution < 1.29 is 28.6 Å². The Kier molecular flexibility index (Phi) is 11.5. The zero-order valence-electron chi connectivity index (χ0n) is 26.6. The van der Waals surface area contributed by atoms with Crippen molar-refractivity contribution >= 4 is 18.0 Å². The van der Waals surface area contributed by atoms with Gasteiger partial charge >= 0.3 is 18.0 Å². The molecule has 0 unspecified atom stereocenters. The van der Waals surface area contributed by atoms with E-state index in [2.05, 4.69) is 19.2 Å². The third-order valence-corrected chi connectivity index (χ3v) is 6.64. The van der Waals surface area contributed by atoms with E-state index in [1.54, 1.807) is 34.6 Å².